The van der Waals surface area contributed by atoms with Gasteiger partial charge < -0.3 is 5.32 Å². The Bertz CT molecular complexity index is 388. The number of rotatable bonds is 1. The van der Waals surface area contributed by atoms with Crippen molar-refractivity contribution >= 4 is 0 Å². The van der Waals surface area contributed by atoms with Gasteiger partial charge >= 0.3 is 6.18 Å². The highest BCUT2D eigenvalue weighted by atomic mass is 19.4. The van der Waals surface area contributed by atoms with Crippen LogP contribution in [0.3, 0.4) is 0 Å². The van der Waals surface area contributed by atoms with Gasteiger partial charge in [0.1, 0.15) is 0 Å². The monoisotopic (exact) mass is 214 g/mol. The van der Waals surface area contributed by atoms with Crippen LogP contribution in [0.1, 0.15) is 11.1 Å². The largest absolute Gasteiger partial charge is 0.417 e. The van der Waals surface area contributed by atoms with Gasteiger partial charge in [0.25, 0.3) is 0 Å². The van der Waals surface area contributed by atoms with Crippen molar-refractivity contribution in [1.82, 2.24) is 10.3 Å². The van der Waals surface area contributed by atoms with Crippen LogP contribution in [-0.2, 0) is 6.18 Å². The molecule has 80 valence electrons. The molecule has 2 nitrogen and oxygen atoms in total. The van der Waals surface area contributed by atoms with Crippen molar-refractivity contribution in [2.45, 2.75) is 6.18 Å². The van der Waals surface area contributed by atoms with Gasteiger partial charge in [0.2, 0.25) is 0 Å². The van der Waals surface area contributed by atoms with Crippen LogP contribution in [0.5, 0.6) is 0 Å². The summed E-state index contributed by atoms with van der Waals surface area (Å²) in [4.78, 5) is 3.61. The molecule has 1 rings (SSSR count). The quantitative estimate of drug-likeness (QED) is 0.719. The predicted molar refractivity (Wildman–Crippen MR) is 50.0 cm³/mol. The van der Waals surface area contributed by atoms with E-state index in [1.807, 2.05) is 0 Å². The molecule has 0 aliphatic rings. The molecule has 0 spiro atoms. The van der Waals surface area contributed by atoms with E-state index in [9.17, 15) is 13.2 Å². The summed E-state index contributed by atoms with van der Waals surface area (Å²) in [6.07, 6.45) is -2.16. The van der Waals surface area contributed by atoms with E-state index in [1.54, 1.807) is 7.05 Å². The second-order valence-electron chi connectivity index (χ2n) is 2.75. The Labute approximate surface area is 85.5 Å². The Morgan fingerprint density at radius 2 is 2.20 bits per heavy atom. The van der Waals surface area contributed by atoms with Crippen molar-refractivity contribution in [1.29, 1.82) is 0 Å². The lowest BCUT2D eigenvalue weighted by Gasteiger charge is -2.07. The van der Waals surface area contributed by atoms with Crippen molar-refractivity contribution in [2.75, 3.05) is 13.6 Å². The maximum Gasteiger partial charge on any atom is 0.417 e. The SMILES string of the molecule is CNCC#Cc1cnccc1C(F)(F)F. The zero-order valence-electron chi connectivity index (χ0n) is 8.02. The summed E-state index contributed by atoms with van der Waals surface area (Å²) in [7, 11) is 1.67. The van der Waals surface area contributed by atoms with Crippen LogP contribution in [0.15, 0.2) is 18.5 Å². The molecule has 15 heavy (non-hydrogen) atoms. The van der Waals surface area contributed by atoms with Crippen LogP contribution in [0.2, 0.25) is 0 Å². The van der Waals surface area contributed by atoms with E-state index >= 15 is 0 Å². The van der Waals surface area contributed by atoms with Gasteiger partial charge in [-0.3, -0.25) is 4.98 Å². The Kier molecular flexibility index (Phi) is 3.69. The number of halogens is 3. The molecule has 0 aliphatic carbocycles. The zero-order valence-corrected chi connectivity index (χ0v) is 8.02. The normalized spacial score (nSPS) is 10.7. The van der Waals surface area contributed by atoms with E-state index in [4.69, 9.17) is 0 Å². The summed E-state index contributed by atoms with van der Waals surface area (Å²) in [5, 5.41) is 2.72. The Morgan fingerprint density at radius 1 is 1.47 bits per heavy atom. The third-order valence-corrected chi connectivity index (χ3v) is 1.61. The van der Waals surface area contributed by atoms with Crippen LogP contribution in [0.4, 0.5) is 13.2 Å². The highest BCUT2D eigenvalue weighted by Gasteiger charge is 2.32. The summed E-state index contributed by atoms with van der Waals surface area (Å²) >= 11 is 0. The molecule has 1 aromatic heterocycles. The first-order valence-corrected chi connectivity index (χ1v) is 4.20. The molecular weight excluding hydrogens is 205 g/mol. The number of nitrogens with zero attached hydrogens (tertiary/aromatic N) is 1. The number of hydrogen-bond acceptors (Lipinski definition) is 2. The van der Waals surface area contributed by atoms with Gasteiger partial charge in [-0.05, 0) is 13.1 Å². The molecule has 0 atom stereocenters. The maximum absolute atomic E-state index is 12.4. The summed E-state index contributed by atoms with van der Waals surface area (Å²) in [5.74, 6) is 4.99. The maximum atomic E-state index is 12.4. The molecule has 5 heteroatoms. The minimum absolute atomic E-state index is 0.0970. The summed E-state index contributed by atoms with van der Waals surface area (Å²) in [6, 6.07) is 0.920. The molecule has 0 bridgehead atoms. The Hall–Kier alpha value is -1.54. The number of hydrogen-bond donors (Lipinski definition) is 1. The van der Waals surface area contributed by atoms with Crippen LogP contribution in [0.25, 0.3) is 0 Å². The molecule has 0 fully saturated rings. The van der Waals surface area contributed by atoms with Crippen LogP contribution < -0.4 is 5.32 Å². The van der Waals surface area contributed by atoms with E-state index in [2.05, 4.69) is 22.1 Å². The Balaban J connectivity index is 3.04. The van der Waals surface area contributed by atoms with Gasteiger partial charge in [-0.2, -0.15) is 13.2 Å². The fraction of sp³-hybridized carbons (Fsp3) is 0.300. The van der Waals surface area contributed by atoms with E-state index < -0.39 is 11.7 Å². The minimum atomic E-state index is -4.38. The highest BCUT2D eigenvalue weighted by molar-refractivity contribution is 5.40. The van der Waals surface area contributed by atoms with Gasteiger partial charge in [-0.15, -0.1) is 0 Å². The van der Waals surface area contributed by atoms with Crippen LogP contribution in [-0.4, -0.2) is 18.6 Å². The van der Waals surface area contributed by atoms with E-state index in [0.717, 1.165) is 18.5 Å². The predicted octanol–water partition coefficient (Wildman–Crippen LogP) is 1.67. The van der Waals surface area contributed by atoms with Gasteiger partial charge in [-0.1, -0.05) is 11.8 Å². The lowest BCUT2D eigenvalue weighted by Crippen LogP contribution is -2.08. The topological polar surface area (TPSA) is 24.9 Å². The number of aromatic nitrogens is 1. The molecule has 0 aromatic carbocycles. The van der Waals surface area contributed by atoms with Crippen molar-refractivity contribution in [2.24, 2.45) is 0 Å². The van der Waals surface area contributed by atoms with E-state index in [0.29, 0.717) is 6.54 Å². The van der Waals surface area contributed by atoms with Gasteiger partial charge in [0.05, 0.1) is 17.7 Å². The lowest BCUT2D eigenvalue weighted by atomic mass is 10.1. The van der Waals surface area contributed by atoms with Crippen molar-refractivity contribution in [3.05, 3.63) is 29.6 Å². The van der Waals surface area contributed by atoms with E-state index in [1.165, 1.54) is 0 Å². The first-order chi connectivity index (χ1) is 7.05. The number of pyridine rings is 1. The summed E-state index contributed by atoms with van der Waals surface area (Å²) in [5.41, 5.74) is -0.846. The molecule has 1 aromatic rings. The second-order valence-corrected chi connectivity index (χ2v) is 2.75. The van der Waals surface area contributed by atoms with Gasteiger partial charge in [-0.25, -0.2) is 0 Å². The third kappa shape index (κ3) is 3.26. The lowest BCUT2D eigenvalue weighted by molar-refractivity contribution is -0.137. The van der Waals surface area contributed by atoms with Crippen molar-refractivity contribution < 1.29 is 13.2 Å². The fourth-order valence-corrected chi connectivity index (χ4v) is 0.969. The molecule has 0 amide bonds. The smallest absolute Gasteiger partial charge is 0.309 e. The van der Waals surface area contributed by atoms with Crippen LogP contribution >= 0.6 is 0 Å². The third-order valence-electron chi connectivity index (χ3n) is 1.61. The number of nitrogens with one attached hydrogen (secondary N) is 1. The average molecular weight is 214 g/mol. The molecule has 0 saturated carbocycles. The van der Waals surface area contributed by atoms with Gasteiger partial charge in [0.15, 0.2) is 0 Å². The van der Waals surface area contributed by atoms with E-state index in [-0.39, 0.29) is 5.56 Å². The molecule has 1 heterocycles. The highest BCUT2D eigenvalue weighted by Crippen LogP contribution is 2.30. The first kappa shape index (κ1) is 11.5. The van der Waals surface area contributed by atoms with Crippen molar-refractivity contribution in [3.8, 4) is 11.8 Å². The first-order valence-electron chi connectivity index (χ1n) is 4.20. The summed E-state index contributed by atoms with van der Waals surface area (Å²) < 4.78 is 37.3. The van der Waals surface area contributed by atoms with Crippen molar-refractivity contribution in [3.63, 3.8) is 0 Å². The minimum Gasteiger partial charge on any atom is -0.309 e. The molecular formula is C10H9F3N2. The molecule has 0 aliphatic heterocycles. The second kappa shape index (κ2) is 4.80. The average Bonchev–Trinajstić information content (AvgIpc) is 2.17. The standard InChI is InChI=1S/C10H9F3N2/c1-14-5-2-3-8-7-15-6-4-9(8)10(11,12)13/h4,6-7,14H,5H2,1H3. The van der Waals surface area contributed by atoms with Crippen LogP contribution in [0, 0.1) is 11.8 Å². The zero-order chi connectivity index (χ0) is 11.3. The molecule has 0 radical (unpaired) electrons. The number of alkyl halides is 3. The van der Waals surface area contributed by atoms with Gasteiger partial charge in [0, 0.05) is 12.4 Å². The molecule has 0 saturated heterocycles. The molecule has 1 N–H and O–H groups in total. The Morgan fingerprint density at radius 3 is 2.80 bits per heavy atom. The summed E-state index contributed by atoms with van der Waals surface area (Å²) in [6.45, 7) is 0.339. The fourth-order valence-electron chi connectivity index (χ4n) is 0.969. The molecule has 0 unspecified atom stereocenters.